The second-order valence-electron chi connectivity index (χ2n) is 27.4. The number of nitro benzene ring substituents is 2. The number of hydrogen-bond acceptors (Lipinski definition) is 30. The summed E-state index contributed by atoms with van der Waals surface area (Å²) in [7, 11) is 1.92. The molecule has 2 aliphatic rings. The van der Waals surface area contributed by atoms with Gasteiger partial charge < -0.3 is 64.7 Å². The summed E-state index contributed by atoms with van der Waals surface area (Å²) in [6, 6.07) is 21.7. The van der Waals surface area contributed by atoms with E-state index in [-0.39, 0.29) is 74.3 Å². The molecule has 0 saturated heterocycles. The Morgan fingerprint density at radius 3 is 1.14 bits per heavy atom. The van der Waals surface area contributed by atoms with E-state index in [1.165, 1.54) is 57.5 Å². The molecule has 0 atom stereocenters. The molecule has 2 saturated carbocycles. The molecule has 0 radical (unpaired) electrons. The first-order valence-electron chi connectivity index (χ1n) is 38.7. The number of alkyl halides is 16. The van der Waals surface area contributed by atoms with Crippen LogP contribution in [0.2, 0.25) is 19.6 Å². The third-order valence-electron chi connectivity index (χ3n) is 15.7. The number of nitriles is 4. The molecule has 3 amide bonds. The number of nitrogens with two attached hydrogens (primary N) is 2. The number of Topliss-reactive ketones (excluding diaryl/α,β-unsaturated/α-hetero) is 1. The summed E-state index contributed by atoms with van der Waals surface area (Å²) in [5.41, 5.74) is -1.61. The number of aromatic carboxylic acids is 1. The van der Waals surface area contributed by atoms with Crippen molar-refractivity contribution in [1.82, 2.24) is 40.9 Å². The Morgan fingerprint density at radius 1 is 0.520 bits per heavy atom. The molecule has 42 nitrogen and oxygen atoms in total. The molecule has 0 aliphatic heterocycles. The number of carbonyl (C=O) groups excluding carboxylic acids is 4. The number of non-ortho nitro benzene ring substituents is 2. The smallest absolute Gasteiger partial charge is 0.512 e. The number of pyridine rings is 5. The summed E-state index contributed by atoms with van der Waals surface area (Å²) in [6.07, 6.45) is -14.0. The van der Waals surface area contributed by atoms with Crippen LogP contribution in [-0.4, -0.2) is 137 Å². The van der Waals surface area contributed by atoms with Gasteiger partial charge in [-0.2, -0.15) is 81.6 Å². The van der Waals surface area contributed by atoms with Gasteiger partial charge in [0.15, 0.2) is 19.5 Å². The number of nitrogens with zero attached hydrogens (tertiary/aromatic N) is 13. The van der Waals surface area contributed by atoms with Gasteiger partial charge in [-0.15, -0.1) is 0 Å². The number of nitrogen functional groups attached to an aromatic ring is 2. The van der Waals surface area contributed by atoms with E-state index in [1.807, 2.05) is 24.6 Å². The van der Waals surface area contributed by atoms with E-state index in [4.69, 9.17) is 60.7 Å². The Morgan fingerprint density at radius 2 is 0.847 bits per heavy atom. The molecular formula is C80H71Br4CuF20FeN21O21PSi. The number of aromatic amines is 2. The van der Waals surface area contributed by atoms with E-state index >= 15 is 0 Å². The minimum atomic E-state index is -4.89. The van der Waals surface area contributed by atoms with E-state index in [2.05, 4.69) is 110 Å². The maximum absolute atomic E-state index is 13.7. The van der Waals surface area contributed by atoms with Crippen LogP contribution in [0, 0.1) is 131 Å². The number of carboxylic acid groups (broad SMARTS) is 2. The van der Waals surface area contributed by atoms with Gasteiger partial charge in [-0.3, -0.25) is 93.1 Å². The number of carboxylic acids is 2. The first kappa shape index (κ1) is 144. The zero-order valence-corrected chi connectivity index (χ0v) is 86.3. The van der Waals surface area contributed by atoms with Crippen molar-refractivity contribution in [2.24, 2.45) is 0 Å². The molecule has 4 aromatic carbocycles. The summed E-state index contributed by atoms with van der Waals surface area (Å²) < 4.78 is 257. The van der Waals surface area contributed by atoms with E-state index in [1.54, 1.807) is 11.1 Å². The average molecular weight is 2540 g/mol. The van der Waals surface area contributed by atoms with Gasteiger partial charge in [-0.25, -0.2) is 42.6 Å². The topological polar surface area (TPSA) is 699 Å². The molecule has 0 unspecified atom stereocenters. The van der Waals surface area contributed by atoms with E-state index < -0.39 is 216 Å². The van der Waals surface area contributed by atoms with Crippen LogP contribution in [0.15, 0.2) is 154 Å². The molecule has 5 heterocycles. The van der Waals surface area contributed by atoms with Crippen molar-refractivity contribution >= 4 is 155 Å². The number of halogens is 24. The summed E-state index contributed by atoms with van der Waals surface area (Å²) in [6.45, 7) is 11.9. The molecular weight excluding hydrogens is 2470 g/mol. The molecule has 5 aromatic heterocycles. The van der Waals surface area contributed by atoms with E-state index in [0.717, 1.165) is 107 Å². The molecule has 9 aromatic rings. The largest absolute Gasteiger partial charge is 1.00 e. The van der Waals surface area contributed by atoms with Crippen molar-refractivity contribution in [3.05, 3.63) is 307 Å². The number of rotatable bonds is 11. The predicted molar refractivity (Wildman–Crippen MR) is 497 cm³/mol. The van der Waals surface area contributed by atoms with Crippen LogP contribution in [-0.2, 0) is 79.2 Å². The molecule has 70 heteroatoms. The van der Waals surface area contributed by atoms with Gasteiger partial charge in [0.1, 0.15) is 74.9 Å². The second kappa shape index (κ2) is 68.6. The molecule has 150 heavy (non-hydrogen) atoms. The quantitative estimate of drug-likeness (QED) is 0.00840. The van der Waals surface area contributed by atoms with Crippen LogP contribution < -0.4 is 43.9 Å². The third kappa shape index (κ3) is 57.4. The normalized spacial score (nSPS) is 11.3. The van der Waals surface area contributed by atoms with Gasteiger partial charge >= 0.3 is 53.9 Å². The number of benzene rings is 4. The van der Waals surface area contributed by atoms with Gasteiger partial charge in [-0.1, -0.05) is 19.6 Å². The van der Waals surface area contributed by atoms with Gasteiger partial charge in [0.05, 0.1) is 108 Å². The maximum Gasteiger partial charge on any atom is 1.00 e. The minimum Gasteiger partial charge on any atom is -0.512 e. The number of nitro groups is 5. The van der Waals surface area contributed by atoms with Crippen molar-refractivity contribution in [2.45, 2.75) is 102 Å². The van der Waals surface area contributed by atoms with Crippen molar-refractivity contribution in [3.8, 4) is 23.9 Å². The summed E-state index contributed by atoms with van der Waals surface area (Å²) >= 11 is 10.9. The van der Waals surface area contributed by atoms with Crippen LogP contribution >= 0.6 is 65.6 Å². The number of aromatic nitrogens is 5. The van der Waals surface area contributed by atoms with Crippen LogP contribution in [0.5, 0.6) is 0 Å². The standard InChI is InChI=1S/C13H14FN3O.C8H7FN2O3.C8H9FN2O.C7H2F3N3O2.C7H4F3N3.C7H4FNO4.C6H2BrF3N2O2.C6H3F3N2O3.C6H4F3NO.C4H9NSi.C4H6O.C2H4O2.CH3F.CN.Br3OP.Cu.Fe/c1-16-12(18)10-4-3-9(7-11(10)14)17-13(8-15)5-2-6-13;1-10-8(12)6-3-2-5(11(13)14)4-7(6)9;1-11-8(12)6-3-2-5(10)4-7(6)9;8-7(9,10)5-1-4(13(14)15)3-12-6(5)2-11;8-7(9,10)5-1-4(12)3-13-6(5)2-11;8-6-3-4(9(12)13)1-2-5(6)7(10)11;7-5-4(6(8,9)10)1-3(2-11-5)12(13)14;7-6(8,9)4-1-3(11(13)14)2-10-5(4)12;7-6(8,9)4-2-1-3-10-5(4)11;1-6(2,3)4-5;5-4-2-1-3-4;1-2(3)4;2*1-2;1-5(2,3)4;;/h3-4,7,17H,2,5-6H2,1H3,(H,16,18);2-4H,1H3,(H,10,12);2-4H,10H2,1H3,(H,11,12);1,3H;1,3H,12H2;1-3H,(H,10,11);1-2H;1-2H,(H,10,12);1-3H,(H,10,11);1-3H3;1-3H2;1H3,(H,3,4);1H3;;;;/q;;;;;;;;;;;;;-1;;+1;/i;;;;;;;;;;;;1D;;;;. The molecule has 11 rings (SSSR count). The van der Waals surface area contributed by atoms with Gasteiger partial charge in [0.25, 0.3) is 66.5 Å². The van der Waals surface area contributed by atoms with E-state index in [9.17, 15) is 177 Å². The van der Waals surface area contributed by atoms with E-state index in [0.29, 0.717) is 53.8 Å². The first-order valence-corrected chi connectivity index (χ1v) is 50.1. The van der Waals surface area contributed by atoms with Crippen LogP contribution in [0.4, 0.5) is 133 Å². The number of hydrogen-bond donors (Lipinski definition) is 10. The van der Waals surface area contributed by atoms with Crippen molar-refractivity contribution in [3.63, 3.8) is 0 Å². The maximum atomic E-state index is 13.7. The number of H-pyrrole nitrogens is 2. The molecule has 818 valence electrons. The molecule has 12 N–H and O–H groups in total. The third-order valence-corrected chi connectivity index (χ3v) is 17.0. The average Bonchev–Trinajstić information content (AvgIpc) is 0.797. The Balaban J connectivity index is -0.000000381. The van der Waals surface area contributed by atoms with Crippen LogP contribution in [0.3, 0.4) is 0 Å². The number of anilines is 3. The van der Waals surface area contributed by atoms with Crippen LogP contribution in [0.25, 0.3) is 0 Å². The second-order valence-corrected chi connectivity index (χ2v) is 51.3. The number of nitrogens with one attached hydrogen (secondary N) is 6. The first-order chi connectivity index (χ1) is 68.4. The SMILES string of the molecule is CC(=O)O.CNC(=O)c1ccc(N)cc1F.CNC(=O)c1ccc(NC2(C#N)CCC2)cc1F.CNC(=O)c1ccc([N+](=O)[O-])cc1F.C[Si](C)(C)C#N.N#Cc1ncc(N)cc1C(F)(F)F.N#Cc1ncc([N+](=O)[O-])cc1C(F)(F)F.O=C(O)c1ccc([N+](=O)[O-])cc1F.O=C1CCC1.O=P(Br)(Br)Br.O=[N+]([O-])c1cnc(Br)c(C(F)(F)F)c1.O=c1[nH]cc([N+](=O)[O-])cc1C(F)(F)F.O=c1[nH]cccc1C(F)(F)F.[2H]CF.[C-]#N.[Cu+].[Fe]. The fourth-order valence-electron chi connectivity index (χ4n) is 8.70. The molecule has 0 spiro atoms. The molecule has 0 bridgehead atoms. The van der Waals surface area contributed by atoms with Crippen LogP contribution in [0.1, 0.15) is 127 Å². The van der Waals surface area contributed by atoms with Crippen molar-refractivity contribution in [2.75, 3.05) is 45.1 Å². The summed E-state index contributed by atoms with van der Waals surface area (Å²) in [4.78, 5) is 143. The zero-order valence-electron chi connectivity index (χ0n) is 77.0. The number of aliphatic carboxylic acids is 1. The van der Waals surface area contributed by atoms with Crippen molar-refractivity contribution < 1.29 is 191 Å². The summed E-state index contributed by atoms with van der Waals surface area (Å²) in [5, 5.41) is 117. The fourth-order valence-corrected chi connectivity index (χ4v) is 9.14. The molecule has 2 aliphatic carbocycles. The Labute approximate surface area is 885 Å². The Kier molecular flexibility index (Phi) is 65.6. The Hall–Kier alpha value is -14.9. The summed E-state index contributed by atoms with van der Waals surface area (Å²) in [5.74, 6) is -6.58. The van der Waals surface area contributed by atoms with Gasteiger partial charge in [-0.05, 0) is 108 Å². The predicted octanol–water partition coefficient (Wildman–Crippen LogP) is 20.4. The minimum absolute atomic E-state index is 0. The number of carbonyl (C=O) groups is 6. The monoisotopic (exact) mass is 2540 g/mol. The number of amides is 3. The van der Waals surface area contributed by atoms with Gasteiger partial charge in [0, 0.05) is 158 Å². The fraction of sp³-hybridized carbons (Fsp3) is 0.250. The zero-order chi connectivity index (χ0) is 117. The van der Waals surface area contributed by atoms with Crippen molar-refractivity contribution in [1.29, 1.82) is 26.3 Å². The Bertz CT molecular complexity index is 6540. The number of ketones is 1. The molecule has 2 fully saturated rings. The van der Waals surface area contributed by atoms with Gasteiger partial charge in [0.2, 0.25) is 0 Å².